The Morgan fingerprint density at radius 3 is 1.27 bits per heavy atom. The Kier molecular flexibility index (Phi) is 125. The summed E-state index contributed by atoms with van der Waals surface area (Å²) >= 11 is 0. The van der Waals surface area contributed by atoms with Crippen molar-refractivity contribution in [3.8, 4) is 0 Å². The zero-order valence-electron chi connectivity index (χ0n) is 8.33. The summed E-state index contributed by atoms with van der Waals surface area (Å²) in [6.07, 6.45) is 2.00. The van der Waals surface area contributed by atoms with Crippen LogP contribution in [0.5, 0.6) is 0 Å². The van der Waals surface area contributed by atoms with Gasteiger partial charge in [-0.2, -0.15) is 26.9 Å². The van der Waals surface area contributed by atoms with Crippen LogP contribution < -0.4 is 0 Å². The van der Waals surface area contributed by atoms with Crippen molar-refractivity contribution in [3.63, 3.8) is 0 Å². The van der Waals surface area contributed by atoms with Crippen LogP contribution in [0.4, 0.5) is 0 Å². The first kappa shape index (κ1) is 29.9. The zero-order chi connectivity index (χ0) is 6.83. The third-order valence-electron chi connectivity index (χ3n) is 0.447. The van der Waals surface area contributed by atoms with E-state index >= 15 is 0 Å². The molecule has 0 spiro atoms. The van der Waals surface area contributed by atoms with E-state index in [9.17, 15) is 0 Å². The van der Waals surface area contributed by atoms with Gasteiger partial charge in [-0.3, -0.25) is 0 Å². The number of nitrogens with two attached hydrogens (primary N) is 1. The van der Waals surface area contributed by atoms with Gasteiger partial charge in [0.15, 0.2) is 0 Å². The van der Waals surface area contributed by atoms with E-state index in [0.29, 0.717) is 0 Å². The van der Waals surface area contributed by atoms with Gasteiger partial charge in [-0.05, 0) is 0 Å². The largest absolute Gasteiger partial charge is 4.00 e. The molecule has 0 saturated carbocycles. The second-order valence-electron chi connectivity index (χ2n) is 1.43. The molecule has 0 aliphatic carbocycles. The van der Waals surface area contributed by atoms with Crippen molar-refractivity contribution in [2.24, 2.45) is 0 Å². The Balaban J connectivity index is -0.0000000183. The monoisotopic (exact) mass is 341 g/mol. The molecule has 0 aromatic heterocycles. The fourth-order valence-corrected chi connectivity index (χ4v) is 0.224. The van der Waals surface area contributed by atoms with Gasteiger partial charge >= 0.3 is 21.1 Å². The number of nitrogens with zero attached hydrogens (tertiary/aromatic N) is 1. The van der Waals surface area contributed by atoms with E-state index in [-0.39, 0.29) is 34.6 Å². The molecule has 11 heavy (non-hydrogen) atoms. The minimum Gasteiger partial charge on any atom is -0.693 e. The average molecular weight is 341 g/mol. The molecule has 0 bridgehead atoms. The molecule has 0 rings (SSSR count). The van der Waals surface area contributed by atoms with E-state index < -0.39 is 0 Å². The van der Waals surface area contributed by atoms with Crippen molar-refractivity contribution < 1.29 is 21.1 Å². The Hall–Kier alpha value is 0.608. The van der Waals surface area contributed by atoms with Crippen LogP contribution in [0.3, 0.4) is 0 Å². The summed E-state index contributed by atoms with van der Waals surface area (Å²) in [5.41, 5.74) is 0. The minimum absolute atomic E-state index is 0. The predicted octanol–water partition coefficient (Wildman–Crippen LogP) is 3.80. The normalized spacial score (nSPS) is 5.45. The van der Waals surface area contributed by atoms with E-state index in [1.54, 1.807) is 0 Å². The van der Waals surface area contributed by atoms with Crippen LogP contribution in [0.15, 0.2) is 0 Å². The molecule has 2 N–H and O–H groups in total. The molecule has 0 heterocycles. The van der Waals surface area contributed by atoms with Crippen LogP contribution in [-0.4, -0.2) is 13.1 Å². The molecular weight excluding hydrogens is 319 g/mol. The summed E-state index contributed by atoms with van der Waals surface area (Å²) in [7, 11) is 0. The minimum atomic E-state index is 0. The van der Waals surface area contributed by atoms with Crippen molar-refractivity contribution in [2.45, 2.75) is 27.7 Å². The van der Waals surface area contributed by atoms with E-state index in [0.717, 1.165) is 13.1 Å². The topological polar surface area (TPSA) is 47.6 Å². The van der Waals surface area contributed by atoms with E-state index in [1.165, 1.54) is 0 Å². The maximum absolute atomic E-state index is 3.97. The summed E-state index contributed by atoms with van der Waals surface area (Å²) in [4.78, 5) is 0. The smallest absolute Gasteiger partial charge is 0.693 e. The molecule has 0 atom stereocenters. The maximum Gasteiger partial charge on any atom is 4.00 e. The molecule has 0 amide bonds. The van der Waals surface area contributed by atoms with Crippen LogP contribution in [0.1, 0.15) is 27.7 Å². The van der Waals surface area contributed by atoms with Crippen molar-refractivity contribution in [3.05, 3.63) is 25.3 Å². The molecule has 0 aromatic carbocycles. The van der Waals surface area contributed by atoms with Gasteiger partial charge < -0.3 is 25.3 Å². The van der Waals surface area contributed by atoms with Gasteiger partial charge in [0.25, 0.3) is 0 Å². The van der Waals surface area contributed by atoms with Gasteiger partial charge in [0.2, 0.25) is 0 Å². The first-order valence-electron chi connectivity index (χ1n) is 3.20. The fraction of sp³-hybridized carbons (Fsp3) is 0.750. The van der Waals surface area contributed by atoms with E-state index in [4.69, 9.17) is 0 Å². The SMILES string of the molecule is CC[N-]CC.C[CH-]C.[CH3-].[NH2-].[Pt+4]. The molecule has 74 valence electrons. The quantitative estimate of drug-likeness (QED) is 0.686. The van der Waals surface area contributed by atoms with Crippen molar-refractivity contribution in [2.75, 3.05) is 13.1 Å². The Morgan fingerprint density at radius 2 is 1.27 bits per heavy atom. The van der Waals surface area contributed by atoms with E-state index in [2.05, 4.69) is 5.32 Å². The first-order chi connectivity index (χ1) is 3.83. The standard InChI is InChI=1S/C4H10N.C3H7.CH3.H2N.Pt/c1-3-5-4-2;1-3-2;;;/h3-4H2,1-2H3;3H,1-2H3;1H3;1H2;/q4*-1;+4. The molecule has 0 saturated heterocycles. The molecule has 0 unspecified atom stereocenters. The summed E-state index contributed by atoms with van der Waals surface area (Å²) in [5, 5.41) is 3.97. The Labute approximate surface area is 87.4 Å². The van der Waals surface area contributed by atoms with Gasteiger partial charge in [0.05, 0.1) is 0 Å². The van der Waals surface area contributed by atoms with Crippen LogP contribution in [-0.2, 0) is 21.1 Å². The molecule has 0 aliphatic heterocycles. The van der Waals surface area contributed by atoms with E-state index in [1.807, 2.05) is 34.1 Å². The van der Waals surface area contributed by atoms with Gasteiger partial charge in [-0.1, -0.05) is 13.8 Å². The number of hydrogen-bond donors (Lipinski definition) is 0. The Morgan fingerprint density at radius 1 is 1.09 bits per heavy atom. The third-order valence-corrected chi connectivity index (χ3v) is 0.447. The van der Waals surface area contributed by atoms with Crippen molar-refractivity contribution >= 4 is 0 Å². The molecule has 3 heteroatoms. The van der Waals surface area contributed by atoms with Gasteiger partial charge in [0, 0.05) is 0 Å². The fourth-order valence-electron chi connectivity index (χ4n) is 0.224. The second kappa shape index (κ2) is 46.1. The number of hydrogen-bond acceptors (Lipinski definition) is 0. The van der Waals surface area contributed by atoms with Crippen LogP contribution in [0.25, 0.3) is 11.5 Å². The first-order valence-corrected chi connectivity index (χ1v) is 3.20. The Bertz CT molecular complexity index is 26.1. The second-order valence-corrected chi connectivity index (χ2v) is 1.43. The van der Waals surface area contributed by atoms with Crippen LogP contribution in [0.2, 0.25) is 0 Å². The van der Waals surface area contributed by atoms with Gasteiger partial charge in [0.1, 0.15) is 0 Å². The van der Waals surface area contributed by atoms with Crippen LogP contribution >= 0.6 is 0 Å². The molecule has 0 radical (unpaired) electrons. The van der Waals surface area contributed by atoms with Crippen molar-refractivity contribution in [1.82, 2.24) is 0 Å². The summed E-state index contributed by atoms with van der Waals surface area (Å²) in [6.45, 7) is 10.0. The molecule has 2 nitrogen and oxygen atoms in total. The van der Waals surface area contributed by atoms with Gasteiger partial charge in [-0.15, -0.1) is 0 Å². The van der Waals surface area contributed by atoms with Gasteiger partial charge in [-0.25, -0.2) is 0 Å². The molecule has 0 fully saturated rings. The maximum atomic E-state index is 3.97. The summed E-state index contributed by atoms with van der Waals surface area (Å²) < 4.78 is 0. The van der Waals surface area contributed by atoms with Crippen LogP contribution in [0, 0.1) is 13.8 Å². The van der Waals surface area contributed by atoms with Crippen molar-refractivity contribution in [1.29, 1.82) is 0 Å². The molecule has 0 aliphatic rings. The third kappa shape index (κ3) is 116. The number of rotatable bonds is 2. The average Bonchev–Trinajstić information content (AvgIpc) is 1.71. The summed E-state index contributed by atoms with van der Waals surface area (Å²) in [5.74, 6) is 0. The zero-order valence-corrected chi connectivity index (χ0v) is 10.6. The summed E-state index contributed by atoms with van der Waals surface area (Å²) in [6, 6.07) is 0. The predicted molar refractivity (Wildman–Crippen MR) is 51.8 cm³/mol. The molecular formula is C8H22N2Pt. The molecule has 0 aromatic rings.